The Morgan fingerprint density at radius 2 is 1.82 bits per heavy atom. The van der Waals surface area contributed by atoms with Gasteiger partial charge in [0.1, 0.15) is 11.4 Å². The number of benzene rings is 2. The molecule has 0 saturated carbocycles. The van der Waals surface area contributed by atoms with Crippen molar-refractivity contribution in [2.24, 2.45) is 0 Å². The molecule has 1 saturated heterocycles. The molecular formula is C35H50N4O5Si. The van der Waals surface area contributed by atoms with Crippen molar-refractivity contribution in [3.05, 3.63) is 66.5 Å². The summed E-state index contributed by atoms with van der Waals surface area (Å²) in [5.41, 5.74) is 4.07. The molecule has 3 heterocycles. The summed E-state index contributed by atoms with van der Waals surface area (Å²) in [6, 6.07) is 16.5. The van der Waals surface area contributed by atoms with E-state index in [1.165, 1.54) is 0 Å². The Kier molecular flexibility index (Phi) is 11.1. The van der Waals surface area contributed by atoms with Crippen molar-refractivity contribution >= 4 is 19.2 Å². The summed E-state index contributed by atoms with van der Waals surface area (Å²) in [6.45, 7) is 17.5. The van der Waals surface area contributed by atoms with E-state index in [1.807, 2.05) is 42.2 Å². The van der Waals surface area contributed by atoms with Crippen molar-refractivity contribution in [1.29, 1.82) is 0 Å². The molecule has 0 bridgehead atoms. The Bertz CT molecular complexity index is 1490. The van der Waals surface area contributed by atoms with Gasteiger partial charge in [0.15, 0.2) is 6.23 Å². The number of nitrogens with zero attached hydrogens (tertiary/aromatic N) is 4. The van der Waals surface area contributed by atoms with Crippen molar-refractivity contribution in [3.63, 3.8) is 0 Å². The van der Waals surface area contributed by atoms with E-state index in [0.717, 1.165) is 59.3 Å². The standard InChI is InChI=1S/C35H50N4O5Si/c1-27(25-40-20-21-41-26-28-12-8-7-9-13-28)42-19-17-38-24-29(23-36-38)34-31-22-30(44-45(5,6)35(2,3)4)15-16-32(31)39(37-34)33-14-10-11-18-43-33/h7-9,12-13,15-16,22-24,27,33H,10-11,14,17-21,25-26H2,1-6H3. The highest BCUT2D eigenvalue weighted by Crippen LogP contribution is 2.39. The number of rotatable bonds is 15. The van der Waals surface area contributed by atoms with Crippen LogP contribution in [-0.4, -0.2) is 67.0 Å². The van der Waals surface area contributed by atoms with Crippen LogP contribution < -0.4 is 4.43 Å². The topological polar surface area (TPSA) is 81.8 Å². The lowest BCUT2D eigenvalue weighted by Gasteiger charge is -2.36. The van der Waals surface area contributed by atoms with Crippen LogP contribution in [0.1, 0.15) is 58.7 Å². The SMILES string of the molecule is CC(COCCOCc1ccccc1)OCCn1cc(-c2nn(C3CCCCO3)c3ccc(O[Si](C)(C)C(C)(C)C)cc23)cn1. The maximum atomic E-state index is 6.68. The molecule has 0 N–H and O–H groups in total. The normalized spacial score (nSPS) is 16.7. The first-order chi connectivity index (χ1) is 21.6. The Morgan fingerprint density at radius 1 is 1.02 bits per heavy atom. The van der Waals surface area contributed by atoms with Crippen molar-refractivity contribution < 1.29 is 23.4 Å². The van der Waals surface area contributed by atoms with Crippen LogP contribution in [0.3, 0.4) is 0 Å². The Morgan fingerprint density at radius 3 is 2.58 bits per heavy atom. The van der Waals surface area contributed by atoms with Crippen molar-refractivity contribution in [3.8, 4) is 17.0 Å². The predicted octanol–water partition coefficient (Wildman–Crippen LogP) is 7.62. The smallest absolute Gasteiger partial charge is 0.250 e. The van der Waals surface area contributed by atoms with E-state index in [9.17, 15) is 0 Å². The highest BCUT2D eigenvalue weighted by molar-refractivity contribution is 6.74. The third kappa shape index (κ3) is 8.83. The van der Waals surface area contributed by atoms with Gasteiger partial charge in [0.25, 0.3) is 0 Å². The van der Waals surface area contributed by atoms with Crippen LogP contribution in [0.2, 0.25) is 18.1 Å². The summed E-state index contributed by atoms with van der Waals surface area (Å²) in [7, 11) is -2.00. The van der Waals surface area contributed by atoms with Crippen LogP contribution in [0, 0.1) is 0 Å². The molecule has 0 spiro atoms. The molecule has 2 unspecified atom stereocenters. The minimum atomic E-state index is -2.00. The molecule has 9 nitrogen and oxygen atoms in total. The first-order valence-electron chi connectivity index (χ1n) is 16.3. The number of aromatic nitrogens is 4. The summed E-state index contributed by atoms with van der Waals surface area (Å²) in [5, 5.41) is 10.9. The van der Waals surface area contributed by atoms with E-state index in [2.05, 4.69) is 74.0 Å². The number of fused-ring (bicyclic) bond motifs is 1. The van der Waals surface area contributed by atoms with E-state index in [-0.39, 0.29) is 17.4 Å². The van der Waals surface area contributed by atoms with Gasteiger partial charge < -0.3 is 23.4 Å². The Balaban J connectivity index is 1.18. The van der Waals surface area contributed by atoms with Crippen LogP contribution in [0.25, 0.3) is 22.2 Å². The zero-order chi connectivity index (χ0) is 31.9. The zero-order valence-corrected chi connectivity index (χ0v) is 28.8. The molecule has 0 aliphatic carbocycles. The Hall–Kier alpha value is -3.02. The molecule has 0 amide bonds. The van der Waals surface area contributed by atoms with E-state index < -0.39 is 8.32 Å². The zero-order valence-electron chi connectivity index (χ0n) is 27.8. The largest absolute Gasteiger partial charge is 0.543 e. The van der Waals surface area contributed by atoms with Gasteiger partial charge in [-0.15, -0.1) is 0 Å². The first-order valence-corrected chi connectivity index (χ1v) is 19.2. The van der Waals surface area contributed by atoms with Gasteiger partial charge in [0, 0.05) is 23.8 Å². The molecule has 45 heavy (non-hydrogen) atoms. The van der Waals surface area contributed by atoms with Crippen molar-refractivity contribution in [2.75, 3.05) is 33.0 Å². The van der Waals surface area contributed by atoms with E-state index >= 15 is 0 Å². The fourth-order valence-electron chi connectivity index (χ4n) is 5.12. The molecule has 1 fully saturated rings. The van der Waals surface area contributed by atoms with Crippen LogP contribution >= 0.6 is 0 Å². The van der Waals surface area contributed by atoms with Gasteiger partial charge in [-0.05, 0) is 68.1 Å². The molecule has 2 aromatic carbocycles. The average molecular weight is 635 g/mol. The van der Waals surface area contributed by atoms with Crippen LogP contribution in [0.5, 0.6) is 5.75 Å². The van der Waals surface area contributed by atoms with Crippen LogP contribution in [-0.2, 0) is 32.1 Å². The molecule has 1 aliphatic rings. The second-order valence-corrected chi connectivity index (χ2v) is 18.2. The van der Waals surface area contributed by atoms with Crippen molar-refractivity contribution in [2.45, 2.75) is 90.6 Å². The second-order valence-electron chi connectivity index (χ2n) is 13.4. The summed E-state index contributed by atoms with van der Waals surface area (Å²) in [6.07, 6.45) is 7.03. The summed E-state index contributed by atoms with van der Waals surface area (Å²) in [4.78, 5) is 0. The van der Waals surface area contributed by atoms with Crippen LogP contribution in [0.4, 0.5) is 0 Å². The fourth-order valence-corrected chi connectivity index (χ4v) is 6.14. The lowest BCUT2D eigenvalue weighted by atomic mass is 10.1. The lowest BCUT2D eigenvalue weighted by Crippen LogP contribution is -2.43. The third-order valence-electron chi connectivity index (χ3n) is 8.75. The molecule has 0 radical (unpaired) electrons. The quantitative estimate of drug-likeness (QED) is 0.0983. The number of hydrogen-bond acceptors (Lipinski definition) is 7. The fraction of sp³-hybridized carbons (Fsp3) is 0.543. The Labute approximate surface area is 268 Å². The monoisotopic (exact) mass is 634 g/mol. The second kappa shape index (κ2) is 15.0. The number of ether oxygens (including phenoxy) is 4. The maximum absolute atomic E-state index is 6.68. The third-order valence-corrected chi connectivity index (χ3v) is 13.1. The highest BCUT2D eigenvalue weighted by atomic mass is 28.4. The van der Waals surface area contributed by atoms with Crippen molar-refractivity contribution in [1.82, 2.24) is 19.6 Å². The van der Waals surface area contributed by atoms with E-state index in [0.29, 0.717) is 39.6 Å². The molecule has 10 heteroatoms. The van der Waals surface area contributed by atoms with Gasteiger partial charge in [-0.2, -0.15) is 10.2 Å². The van der Waals surface area contributed by atoms with E-state index in [4.69, 9.17) is 28.5 Å². The van der Waals surface area contributed by atoms with Gasteiger partial charge in [0.2, 0.25) is 8.32 Å². The molecule has 1 aliphatic heterocycles. The number of hydrogen-bond donors (Lipinski definition) is 0. The van der Waals surface area contributed by atoms with Gasteiger partial charge >= 0.3 is 0 Å². The molecule has 5 rings (SSSR count). The molecule has 2 aromatic heterocycles. The summed E-state index contributed by atoms with van der Waals surface area (Å²) in [5.74, 6) is 0.888. The van der Waals surface area contributed by atoms with Gasteiger partial charge in [-0.1, -0.05) is 51.1 Å². The molecule has 2 atom stereocenters. The first kappa shape index (κ1) is 33.3. The summed E-state index contributed by atoms with van der Waals surface area (Å²) >= 11 is 0. The molecular weight excluding hydrogens is 584 g/mol. The van der Waals surface area contributed by atoms with Crippen LogP contribution in [0.15, 0.2) is 60.9 Å². The summed E-state index contributed by atoms with van der Waals surface area (Å²) < 4.78 is 34.2. The van der Waals surface area contributed by atoms with Gasteiger partial charge in [0.05, 0.1) is 57.4 Å². The average Bonchev–Trinajstić information content (AvgIpc) is 3.64. The predicted molar refractivity (Wildman–Crippen MR) is 180 cm³/mol. The van der Waals surface area contributed by atoms with E-state index in [1.54, 1.807) is 0 Å². The maximum Gasteiger partial charge on any atom is 0.250 e. The molecule has 244 valence electrons. The van der Waals surface area contributed by atoms with Gasteiger partial charge in [-0.3, -0.25) is 4.68 Å². The lowest BCUT2D eigenvalue weighted by molar-refractivity contribution is -0.0365. The minimum absolute atomic E-state index is 0.0244. The minimum Gasteiger partial charge on any atom is -0.543 e. The molecule has 4 aromatic rings. The van der Waals surface area contributed by atoms with Gasteiger partial charge in [-0.25, -0.2) is 4.68 Å². The highest BCUT2D eigenvalue weighted by Gasteiger charge is 2.39.